The smallest absolute Gasteiger partial charge is 0.181 e. The lowest BCUT2D eigenvalue weighted by Gasteiger charge is -2.11. The molecule has 0 saturated heterocycles. The van der Waals surface area contributed by atoms with Gasteiger partial charge in [0.1, 0.15) is 5.75 Å². The summed E-state index contributed by atoms with van der Waals surface area (Å²) in [5.41, 5.74) is 2.39. The molecule has 1 aromatic heterocycles. The Morgan fingerprint density at radius 3 is 2.68 bits per heavy atom. The van der Waals surface area contributed by atoms with E-state index in [4.69, 9.17) is 9.26 Å². The third kappa shape index (κ3) is 2.52. The summed E-state index contributed by atoms with van der Waals surface area (Å²) in [5, 5.41) is 3.72. The highest BCUT2D eigenvalue weighted by atomic mass is 16.5. The van der Waals surface area contributed by atoms with Crippen molar-refractivity contribution < 1.29 is 14.1 Å². The summed E-state index contributed by atoms with van der Waals surface area (Å²) in [7, 11) is 1.59. The van der Waals surface area contributed by atoms with Gasteiger partial charge < -0.3 is 9.26 Å². The largest absolute Gasteiger partial charge is 0.496 e. The fourth-order valence-electron chi connectivity index (χ4n) is 1.95. The van der Waals surface area contributed by atoms with E-state index in [1.54, 1.807) is 7.11 Å². The van der Waals surface area contributed by atoms with E-state index in [0.29, 0.717) is 23.0 Å². The molecule has 0 fully saturated rings. The van der Waals surface area contributed by atoms with Gasteiger partial charge in [0.05, 0.1) is 24.4 Å². The molecule has 4 nitrogen and oxygen atoms in total. The van der Waals surface area contributed by atoms with Crippen molar-refractivity contribution >= 4 is 5.78 Å². The molecular weight excluding hydrogens is 242 g/mol. The highest BCUT2D eigenvalue weighted by Crippen LogP contribution is 2.35. The van der Waals surface area contributed by atoms with Gasteiger partial charge in [0.2, 0.25) is 0 Å². The molecule has 4 heteroatoms. The summed E-state index contributed by atoms with van der Waals surface area (Å²) >= 11 is 0. The minimum atomic E-state index is -0.0757. The average Bonchev–Trinajstić information content (AvgIpc) is 2.87. The second kappa shape index (κ2) is 5.26. The Labute approximate surface area is 112 Å². The quantitative estimate of drug-likeness (QED) is 0.786. The topological polar surface area (TPSA) is 52.3 Å². The highest BCUT2D eigenvalue weighted by Gasteiger charge is 2.19. The maximum Gasteiger partial charge on any atom is 0.181 e. The van der Waals surface area contributed by atoms with Gasteiger partial charge in [-0.3, -0.25) is 4.79 Å². The number of hydrogen-bond acceptors (Lipinski definition) is 4. The monoisotopic (exact) mass is 259 g/mol. The van der Waals surface area contributed by atoms with Crippen molar-refractivity contribution in [3.8, 4) is 17.1 Å². The number of aromatic nitrogens is 1. The Balaban J connectivity index is 2.62. The molecular formula is C15H17NO3. The van der Waals surface area contributed by atoms with Crippen LogP contribution in [0.25, 0.3) is 11.3 Å². The third-order valence-corrected chi connectivity index (χ3v) is 3.08. The zero-order valence-electron chi connectivity index (χ0n) is 11.6. The van der Waals surface area contributed by atoms with Crippen molar-refractivity contribution in [3.63, 3.8) is 0 Å². The molecule has 1 heterocycles. The van der Waals surface area contributed by atoms with Crippen molar-refractivity contribution in [1.29, 1.82) is 0 Å². The molecule has 1 aromatic carbocycles. The summed E-state index contributed by atoms with van der Waals surface area (Å²) < 4.78 is 10.6. The van der Waals surface area contributed by atoms with Gasteiger partial charge in [-0.25, -0.2) is 0 Å². The van der Waals surface area contributed by atoms with Gasteiger partial charge in [0.25, 0.3) is 0 Å². The summed E-state index contributed by atoms with van der Waals surface area (Å²) in [4.78, 5) is 11.6. The molecule has 0 unspecified atom stereocenters. The molecule has 0 aliphatic heterocycles. The summed E-state index contributed by atoms with van der Waals surface area (Å²) in [6.45, 7) is 5.71. The SMILES string of the molecule is COc1ccc(C(C)C)cc1-c1oncc1C(C)=O. The zero-order chi connectivity index (χ0) is 14.0. The lowest BCUT2D eigenvalue weighted by molar-refractivity contribution is 0.101. The fraction of sp³-hybridized carbons (Fsp3) is 0.333. The van der Waals surface area contributed by atoms with Crippen LogP contribution in [0.1, 0.15) is 42.6 Å². The lowest BCUT2D eigenvalue weighted by Crippen LogP contribution is -1.96. The van der Waals surface area contributed by atoms with Gasteiger partial charge in [-0.2, -0.15) is 0 Å². The summed E-state index contributed by atoms with van der Waals surface area (Å²) in [6.07, 6.45) is 1.44. The molecule has 0 saturated carbocycles. The first-order chi connectivity index (χ1) is 9.04. The minimum Gasteiger partial charge on any atom is -0.496 e. The predicted octanol–water partition coefficient (Wildman–Crippen LogP) is 3.68. The van der Waals surface area contributed by atoms with Gasteiger partial charge in [0.15, 0.2) is 11.5 Å². The average molecular weight is 259 g/mol. The maximum absolute atomic E-state index is 11.6. The van der Waals surface area contributed by atoms with E-state index in [1.807, 2.05) is 18.2 Å². The normalized spacial score (nSPS) is 10.8. The Morgan fingerprint density at radius 2 is 2.11 bits per heavy atom. The van der Waals surface area contributed by atoms with Crippen LogP contribution >= 0.6 is 0 Å². The first kappa shape index (κ1) is 13.3. The second-order valence-electron chi connectivity index (χ2n) is 4.74. The Hall–Kier alpha value is -2.10. The number of hydrogen-bond donors (Lipinski definition) is 0. The van der Waals surface area contributed by atoms with Crippen molar-refractivity contribution in [2.75, 3.05) is 7.11 Å². The lowest BCUT2D eigenvalue weighted by atomic mass is 9.97. The predicted molar refractivity (Wildman–Crippen MR) is 72.6 cm³/mol. The van der Waals surface area contributed by atoms with Crippen molar-refractivity contribution in [2.45, 2.75) is 26.7 Å². The standard InChI is InChI=1S/C15H17NO3/c1-9(2)11-5-6-14(18-4)12(7-11)15-13(10(3)17)8-16-19-15/h5-9H,1-4H3. The van der Waals surface area contributed by atoms with Crippen LogP contribution in [0.4, 0.5) is 0 Å². The van der Waals surface area contributed by atoms with Crippen molar-refractivity contribution in [2.24, 2.45) is 0 Å². The number of carbonyl (C=O) groups excluding carboxylic acids is 1. The third-order valence-electron chi connectivity index (χ3n) is 3.08. The molecule has 0 aliphatic rings. The molecule has 0 amide bonds. The Bertz CT molecular complexity index is 599. The molecule has 0 atom stereocenters. The Morgan fingerprint density at radius 1 is 1.37 bits per heavy atom. The van der Waals surface area contributed by atoms with Gasteiger partial charge in [-0.15, -0.1) is 0 Å². The van der Waals surface area contributed by atoms with Gasteiger partial charge >= 0.3 is 0 Å². The fourth-order valence-corrected chi connectivity index (χ4v) is 1.95. The number of rotatable bonds is 4. The molecule has 0 aliphatic carbocycles. The molecule has 0 spiro atoms. The number of carbonyl (C=O) groups is 1. The second-order valence-corrected chi connectivity index (χ2v) is 4.74. The van der Waals surface area contributed by atoms with Gasteiger partial charge in [0, 0.05) is 0 Å². The van der Waals surface area contributed by atoms with Crippen LogP contribution in [-0.4, -0.2) is 18.0 Å². The van der Waals surface area contributed by atoms with Crippen LogP contribution in [0.3, 0.4) is 0 Å². The molecule has 0 bridgehead atoms. The molecule has 0 radical (unpaired) electrons. The van der Waals surface area contributed by atoms with Crippen molar-refractivity contribution in [1.82, 2.24) is 5.16 Å². The van der Waals surface area contributed by atoms with E-state index < -0.39 is 0 Å². The molecule has 2 rings (SSSR count). The first-order valence-electron chi connectivity index (χ1n) is 6.18. The maximum atomic E-state index is 11.6. The van der Waals surface area contributed by atoms with Crippen LogP contribution in [0.5, 0.6) is 5.75 Å². The molecule has 0 N–H and O–H groups in total. The van der Waals surface area contributed by atoms with Crippen molar-refractivity contribution in [3.05, 3.63) is 35.5 Å². The Kier molecular flexibility index (Phi) is 3.69. The number of Topliss-reactive ketones (excluding diaryl/α,β-unsaturated/α-hetero) is 1. The van der Waals surface area contributed by atoms with Crippen LogP contribution in [0.15, 0.2) is 28.9 Å². The van der Waals surface area contributed by atoms with E-state index in [-0.39, 0.29) is 5.78 Å². The first-order valence-corrected chi connectivity index (χ1v) is 6.18. The van der Waals surface area contributed by atoms with Crippen LogP contribution in [-0.2, 0) is 0 Å². The summed E-state index contributed by atoms with van der Waals surface area (Å²) in [5.74, 6) is 1.44. The molecule has 2 aromatic rings. The number of ketones is 1. The highest BCUT2D eigenvalue weighted by molar-refractivity contribution is 5.99. The molecule has 19 heavy (non-hydrogen) atoms. The van der Waals surface area contributed by atoms with Crippen LogP contribution < -0.4 is 4.74 Å². The minimum absolute atomic E-state index is 0.0757. The van der Waals surface area contributed by atoms with Gasteiger partial charge in [-0.05, 0) is 30.5 Å². The van der Waals surface area contributed by atoms with E-state index in [9.17, 15) is 4.79 Å². The van der Waals surface area contributed by atoms with E-state index in [1.165, 1.54) is 13.1 Å². The number of methoxy groups -OCH3 is 1. The number of nitrogens with zero attached hydrogens (tertiary/aromatic N) is 1. The summed E-state index contributed by atoms with van der Waals surface area (Å²) in [6, 6.07) is 5.88. The zero-order valence-corrected chi connectivity index (χ0v) is 11.6. The van der Waals surface area contributed by atoms with E-state index >= 15 is 0 Å². The number of benzene rings is 1. The van der Waals surface area contributed by atoms with Crippen LogP contribution in [0, 0.1) is 0 Å². The van der Waals surface area contributed by atoms with Crippen LogP contribution in [0.2, 0.25) is 0 Å². The van der Waals surface area contributed by atoms with E-state index in [2.05, 4.69) is 19.0 Å². The van der Waals surface area contributed by atoms with Gasteiger partial charge in [-0.1, -0.05) is 25.1 Å². The molecule has 100 valence electrons. The number of ether oxygens (including phenoxy) is 1. The van der Waals surface area contributed by atoms with E-state index in [0.717, 1.165) is 11.1 Å².